The van der Waals surface area contributed by atoms with E-state index in [9.17, 15) is 4.79 Å². The molecule has 1 unspecified atom stereocenters. The summed E-state index contributed by atoms with van der Waals surface area (Å²) in [7, 11) is 1.80. The summed E-state index contributed by atoms with van der Waals surface area (Å²) in [5.74, 6) is -0.0454. The Hall–Kier alpha value is -1.94. The maximum absolute atomic E-state index is 12.6. The highest BCUT2D eigenvalue weighted by Crippen LogP contribution is 2.23. The number of aryl methyl sites for hydroxylation is 1. The predicted molar refractivity (Wildman–Crippen MR) is 86.5 cm³/mol. The molecule has 0 aliphatic heterocycles. The fraction of sp³-hybridized carbons (Fsp3) is 0.312. The highest BCUT2D eigenvalue weighted by Gasteiger charge is 2.21. The van der Waals surface area contributed by atoms with Gasteiger partial charge in [-0.15, -0.1) is 0 Å². The summed E-state index contributed by atoms with van der Waals surface area (Å²) in [6, 6.07) is 9.21. The molecular formula is C16H20ClN3O. The number of rotatable bonds is 4. The monoisotopic (exact) mass is 305 g/mol. The minimum Gasteiger partial charge on any atom is -0.397 e. The topological polar surface area (TPSA) is 51.3 Å². The molecule has 2 rings (SSSR count). The molecule has 0 spiro atoms. The average molecular weight is 306 g/mol. The lowest BCUT2D eigenvalue weighted by Gasteiger charge is -2.25. The Labute approximate surface area is 130 Å². The maximum atomic E-state index is 12.6. The standard InChI is InChI=1S/C16H20ClN3O/c1-4-20-10-14(18)9-15(20)16(21)19(3)11(2)12-5-7-13(17)8-6-12/h5-11H,4,18H2,1-3H3. The molecule has 0 fully saturated rings. The SMILES string of the molecule is CCn1cc(N)cc1C(=O)N(C)C(C)c1ccc(Cl)cc1. The lowest BCUT2D eigenvalue weighted by Crippen LogP contribution is -2.31. The first kappa shape index (κ1) is 15.4. The van der Waals surface area contributed by atoms with E-state index in [1.807, 2.05) is 42.7 Å². The van der Waals surface area contributed by atoms with Crippen molar-refractivity contribution in [3.8, 4) is 0 Å². The third-order valence-electron chi connectivity index (χ3n) is 3.73. The van der Waals surface area contributed by atoms with Crippen molar-refractivity contribution in [3.05, 3.63) is 52.8 Å². The average Bonchev–Trinajstić information content (AvgIpc) is 2.86. The minimum absolute atomic E-state index is 0.0452. The Morgan fingerprint density at radius 2 is 2.00 bits per heavy atom. The molecule has 1 atom stereocenters. The number of nitrogens with zero attached hydrogens (tertiary/aromatic N) is 2. The summed E-state index contributed by atoms with van der Waals surface area (Å²) in [4.78, 5) is 14.4. The van der Waals surface area contributed by atoms with Crippen molar-refractivity contribution in [3.63, 3.8) is 0 Å². The Morgan fingerprint density at radius 3 is 2.57 bits per heavy atom. The number of carbonyl (C=O) groups is 1. The van der Waals surface area contributed by atoms with Crippen LogP contribution in [0.2, 0.25) is 5.02 Å². The summed E-state index contributed by atoms with van der Waals surface area (Å²) in [6.07, 6.45) is 1.79. The molecule has 4 nitrogen and oxygen atoms in total. The zero-order valence-electron chi connectivity index (χ0n) is 12.5. The van der Waals surface area contributed by atoms with Crippen LogP contribution in [0, 0.1) is 0 Å². The summed E-state index contributed by atoms with van der Waals surface area (Å²) in [6.45, 7) is 4.68. The van der Waals surface area contributed by atoms with E-state index >= 15 is 0 Å². The van der Waals surface area contributed by atoms with Gasteiger partial charge >= 0.3 is 0 Å². The predicted octanol–water partition coefficient (Wildman–Crippen LogP) is 3.58. The number of benzene rings is 1. The number of carbonyl (C=O) groups excluding carboxylic acids is 1. The largest absolute Gasteiger partial charge is 0.397 e. The lowest BCUT2D eigenvalue weighted by atomic mass is 10.1. The van der Waals surface area contributed by atoms with Crippen LogP contribution in [0.5, 0.6) is 0 Å². The van der Waals surface area contributed by atoms with Crippen LogP contribution in [0.3, 0.4) is 0 Å². The van der Waals surface area contributed by atoms with E-state index in [1.165, 1.54) is 0 Å². The second-order valence-corrected chi connectivity index (χ2v) is 5.52. The molecule has 21 heavy (non-hydrogen) atoms. The van der Waals surface area contributed by atoms with Gasteiger partial charge in [-0.25, -0.2) is 0 Å². The van der Waals surface area contributed by atoms with Crippen molar-refractivity contribution in [1.82, 2.24) is 9.47 Å². The van der Waals surface area contributed by atoms with Crippen LogP contribution < -0.4 is 5.73 Å². The number of amides is 1. The molecule has 1 aromatic carbocycles. The highest BCUT2D eigenvalue weighted by atomic mass is 35.5. The van der Waals surface area contributed by atoms with Crippen molar-refractivity contribution >= 4 is 23.2 Å². The van der Waals surface area contributed by atoms with Gasteiger partial charge in [0.2, 0.25) is 0 Å². The van der Waals surface area contributed by atoms with Crippen LogP contribution >= 0.6 is 11.6 Å². The first-order chi connectivity index (χ1) is 9.93. The number of aromatic nitrogens is 1. The molecule has 2 aromatic rings. The number of anilines is 1. The zero-order chi connectivity index (χ0) is 15.6. The fourth-order valence-electron chi connectivity index (χ4n) is 2.30. The third kappa shape index (κ3) is 3.22. The summed E-state index contributed by atoms with van der Waals surface area (Å²) < 4.78 is 1.86. The molecule has 112 valence electrons. The maximum Gasteiger partial charge on any atom is 0.270 e. The molecule has 0 aliphatic carbocycles. The van der Waals surface area contributed by atoms with Gasteiger partial charge in [0.1, 0.15) is 5.69 Å². The first-order valence-corrected chi connectivity index (χ1v) is 7.30. The van der Waals surface area contributed by atoms with Gasteiger partial charge in [0.25, 0.3) is 5.91 Å². The van der Waals surface area contributed by atoms with E-state index in [-0.39, 0.29) is 11.9 Å². The van der Waals surface area contributed by atoms with Crippen LogP contribution in [0.4, 0.5) is 5.69 Å². The van der Waals surface area contributed by atoms with Gasteiger partial charge in [0.05, 0.1) is 11.7 Å². The van der Waals surface area contributed by atoms with Crippen LogP contribution in [0.1, 0.15) is 35.9 Å². The van der Waals surface area contributed by atoms with Crippen molar-refractivity contribution in [2.45, 2.75) is 26.4 Å². The van der Waals surface area contributed by atoms with Gasteiger partial charge in [-0.2, -0.15) is 0 Å². The number of halogens is 1. The van der Waals surface area contributed by atoms with Crippen LogP contribution in [0.25, 0.3) is 0 Å². The Bertz CT molecular complexity index is 633. The van der Waals surface area contributed by atoms with Gasteiger partial charge in [0.15, 0.2) is 0 Å². The van der Waals surface area contributed by atoms with Gasteiger partial charge in [-0.3, -0.25) is 4.79 Å². The fourth-order valence-corrected chi connectivity index (χ4v) is 2.42. The van der Waals surface area contributed by atoms with E-state index in [4.69, 9.17) is 17.3 Å². The van der Waals surface area contributed by atoms with Crippen LogP contribution in [-0.2, 0) is 6.54 Å². The van der Waals surface area contributed by atoms with Crippen LogP contribution in [-0.4, -0.2) is 22.4 Å². The zero-order valence-corrected chi connectivity index (χ0v) is 13.3. The van der Waals surface area contributed by atoms with Gasteiger partial charge in [0, 0.05) is 24.8 Å². The normalized spacial score (nSPS) is 12.2. The molecule has 0 aliphatic rings. The lowest BCUT2D eigenvalue weighted by molar-refractivity contribution is 0.0732. The molecule has 2 N–H and O–H groups in total. The summed E-state index contributed by atoms with van der Waals surface area (Å²) in [5.41, 5.74) is 8.04. The van der Waals surface area contributed by atoms with E-state index in [0.29, 0.717) is 22.9 Å². The Balaban J connectivity index is 2.23. The van der Waals surface area contributed by atoms with E-state index in [0.717, 1.165) is 5.56 Å². The number of hydrogen-bond donors (Lipinski definition) is 1. The second-order valence-electron chi connectivity index (χ2n) is 5.09. The number of nitrogen functional groups attached to an aromatic ring is 1. The van der Waals surface area contributed by atoms with Crippen molar-refractivity contribution in [2.24, 2.45) is 0 Å². The van der Waals surface area contributed by atoms with Crippen molar-refractivity contribution in [2.75, 3.05) is 12.8 Å². The summed E-state index contributed by atoms with van der Waals surface area (Å²) >= 11 is 5.90. The minimum atomic E-state index is -0.0454. The highest BCUT2D eigenvalue weighted by molar-refractivity contribution is 6.30. The van der Waals surface area contributed by atoms with Gasteiger partial charge in [-0.1, -0.05) is 23.7 Å². The number of hydrogen-bond acceptors (Lipinski definition) is 2. The van der Waals surface area contributed by atoms with Gasteiger partial charge in [-0.05, 0) is 37.6 Å². The Morgan fingerprint density at radius 1 is 1.38 bits per heavy atom. The number of nitrogens with two attached hydrogens (primary N) is 1. The quantitative estimate of drug-likeness (QED) is 0.938. The van der Waals surface area contributed by atoms with E-state index < -0.39 is 0 Å². The molecule has 1 amide bonds. The molecule has 0 radical (unpaired) electrons. The van der Waals surface area contributed by atoms with Crippen LogP contribution in [0.15, 0.2) is 36.5 Å². The molecule has 1 aromatic heterocycles. The second kappa shape index (κ2) is 6.22. The molecular weight excluding hydrogens is 286 g/mol. The molecule has 1 heterocycles. The molecule has 0 saturated heterocycles. The van der Waals surface area contributed by atoms with E-state index in [2.05, 4.69) is 0 Å². The van der Waals surface area contributed by atoms with E-state index in [1.54, 1.807) is 24.2 Å². The molecule has 0 saturated carbocycles. The molecule has 0 bridgehead atoms. The smallest absolute Gasteiger partial charge is 0.270 e. The Kier molecular flexibility index (Phi) is 4.58. The summed E-state index contributed by atoms with van der Waals surface area (Å²) in [5, 5.41) is 0.688. The first-order valence-electron chi connectivity index (χ1n) is 6.92. The molecule has 5 heteroatoms. The van der Waals surface area contributed by atoms with Gasteiger partial charge < -0.3 is 15.2 Å². The van der Waals surface area contributed by atoms with Crippen molar-refractivity contribution in [1.29, 1.82) is 0 Å². The van der Waals surface area contributed by atoms with Crippen molar-refractivity contribution < 1.29 is 4.79 Å². The third-order valence-corrected chi connectivity index (χ3v) is 3.98.